The lowest BCUT2D eigenvalue weighted by atomic mass is 10.3. The van der Waals surface area contributed by atoms with Crippen LogP contribution in [0.25, 0.3) is 0 Å². The summed E-state index contributed by atoms with van der Waals surface area (Å²) in [6.07, 6.45) is -0.552. The van der Waals surface area contributed by atoms with E-state index in [1.807, 2.05) is 0 Å². The van der Waals surface area contributed by atoms with Gasteiger partial charge < -0.3 is 15.0 Å². The summed E-state index contributed by atoms with van der Waals surface area (Å²) in [5.41, 5.74) is 0. The van der Waals surface area contributed by atoms with E-state index in [4.69, 9.17) is 4.74 Å². The molecule has 2 unspecified atom stereocenters. The molecule has 0 saturated carbocycles. The third-order valence-corrected chi connectivity index (χ3v) is 3.53. The van der Waals surface area contributed by atoms with Crippen LogP contribution >= 0.6 is 11.8 Å². The van der Waals surface area contributed by atoms with Crippen LogP contribution in [0.3, 0.4) is 0 Å². The molecule has 6 nitrogen and oxygen atoms in total. The van der Waals surface area contributed by atoms with Gasteiger partial charge in [0.1, 0.15) is 6.10 Å². The fraction of sp³-hybridized carbons (Fsp3) is 0.778. The molecule has 16 heavy (non-hydrogen) atoms. The van der Waals surface area contributed by atoms with Gasteiger partial charge in [-0.05, 0) is 0 Å². The van der Waals surface area contributed by atoms with Crippen LogP contribution < -0.4 is 10.6 Å². The van der Waals surface area contributed by atoms with Crippen molar-refractivity contribution in [3.63, 3.8) is 0 Å². The largest absolute Gasteiger partial charge is 0.442 e. The predicted molar refractivity (Wildman–Crippen MR) is 60.2 cm³/mol. The van der Waals surface area contributed by atoms with Crippen LogP contribution in [0.4, 0.5) is 4.79 Å². The Kier molecular flexibility index (Phi) is 3.55. The van der Waals surface area contributed by atoms with Crippen LogP contribution in [0.2, 0.25) is 0 Å². The smallest absolute Gasteiger partial charge is 0.410 e. The molecule has 2 atom stereocenters. The Morgan fingerprint density at radius 1 is 1.75 bits per heavy atom. The molecule has 0 bridgehead atoms. The van der Waals surface area contributed by atoms with Gasteiger partial charge in [-0.2, -0.15) is 0 Å². The Balaban J connectivity index is 1.71. The molecule has 0 radical (unpaired) electrons. The summed E-state index contributed by atoms with van der Waals surface area (Å²) in [6, 6.07) is -0.111. The number of nitrogens with zero attached hydrogens (tertiary/aromatic N) is 1. The number of likely N-dealkylation sites (N-methyl/N-ethyl adjacent to an activating group) is 1. The van der Waals surface area contributed by atoms with Gasteiger partial charge in [-0.1, -0.05) is 0 Å². The summed E-state index contributed by atoms with van der Waals surface area (Å²) in [5.74, 6) is 1.60. The van der Waals surface area contributed by atoms with Crippen molar-refractivity contribution in [1.29, 1.82) is 0 Å². The van der Waals surface area contributed by atoms with E-state index >= 15 is 0 Å². The highest BCUT2D eigenvalue weighted by atomic mass is 32.2. The summed E-state index contributed by atoms with van der Waals surface area (Å²) in [5, 5.41) is 5.87. The zero-order valence-corrected chi connectivity index (χ0v) is 9.88. The van der Waals surface area contributed by atoms with Gasteiger partial charge >= 0.3 is 6.09 Å². The van der Waals surface area contributed by atoms with Gasteiger partial charge in [-0.15, -0.1) is 11.8 Å². The number of ether oxygens (including phenoxy) is 1. The molecule has 0 spiro atoms. The zero-order chi connectivity index (χ0) is 11.5. The molecule has 2 fully saturated rings. The Morgan fingerprint density at radius 2 is 2.56 bits per heavy atom. The van der Waals surface area contributed by atoms with Crippen molar-refractivity contribution >= 4 is 23.8 Å². The maximum absolute atomic E-state index is 11.6. The fourth-order valence-corrected chi connectivity index (χ4v) is 2.60. The maximum atomic E-state index is 11.6. The monoisotopic (exact) mass is 245 g/mol. The number of amides is 2. The van der Waals surface area contributed by atoms with E-state index in [2.05, 4.69) is 10.6 Å². The lowest BCUT2D eigenvalue weighted by Gasteiger charge is -2.13. The van der Waals surface area contributed by atoms with Crippen LogP contribution in [-0.2, 0) is 9.53 Å². The topological polar surface area (TPSA) is 70.7 Å². The van der Waals surface area contributed by atoms with Crippen LogP contribution in [0.1, 0.15) is 0 Å². The average molecular weight is 245 g/mol. The Bertz CT molecular complexity index is 294. The second-order valence-electron chi connectivity index (χ2n) is 3.90. The van der Waals surface area contributed by atoms with E-state index in [0.717, 1.165) is 11.6 Å². The fourth-order valence-electron chi connectivity index (χ4n) is 1.66. The summed E-state index contributed by atoms with van der Waals surface area (Å²) < 4.78 is 5.03. The highest BCUT2D eigenvalue weighted by molar-refractivity contribution is 7.99. The summed E-state index contributed by atoms with van der Waals surface area (Å²) in [7, 11) is 1.68. The Labute approximate surface area is 98.1 Å². The third kappa shape index (κ3) is 2.59. The number of carbonyl (C=O) groups excluding carboxylic acids is 2. The van der Waals surface area contributed by atoms with Gasteiger partial charge in [-0.3, -0.25) is 10.1 Å². The number of carbonyl (C=O) groups is 2. The molecule has 2 N–H and O–H groups in total. The predicted octanol–water partition coefficient (Wildman–Crippen LogP) is -0.784. The van der Waals surface area contributed by atoms with E-state index < -0.39 is 0 Å². The molecule has 2 aliphatic heterocycles. The summed E-state index contributed by atoms with van der Waals surface area (Å²) in [4.78, 5) is 24.2. The average Bonchev–Trinajstić information content (AvgIpc) is 2.86. The lowest BCUT2D eigenvalue weighted by Crippen LogP contribution is -2.45. The normalized spacial score (nSPS) is 29.3. The van der Waals surface area contributed by atoms with Crippen molar-refractivity contribution in [2.75, 3.05) is 31.8 Å². The van der Waals surface area contributed by atoms with Gasteiger partial charge in [-0.25, -0.2) is 4.79 Å². The van der Waals surface area contributed by atoms with E-state index in [1.165, 1.54) is 4.90 Å². The molecule has 90 valence electrons. The molecule has 2 saturated heterocycles. The Hall–Kier alpha value is -0.950. The summed E-state index contributed by atoms with van der Waals surface area (Å²) in [6.45, 7) is 0.920. The molecule has 2 heterocycles. The highest BCUT2D eigenvalue weighted by Gasteiger charge is 2.29. The van der Waals surface area contributed by atoms with Crippen LogP contribution in [-0.4, -0.2) is 60.8 Å². The third-order valence-electron chi connectivity index (χ3n) is 2.59. The van der Waals surface area contributed by atoms with E-state index in [-0.39, 0.29) is 24.1 Å². The van der Waals surface area contributed by atoms with Crippen LogP contribution in [0.15, 0.2) is 0 Å². The van der Waals surface area contributed by atoms with Crippen molar-refractivity contribution in [2.45, 2.75) is 12.1 Å². The Morgan fingerprint density at radius 3 is 3.12 bits per heavy atom. The first-order valence-electron chi connectivity index (χ1n) is 5.17. The second-order valence-corrected chi connectivity index (χ2v) is 4.93. The molecule has 7 heteroatoms. The van der Waals surface area contributed by atoms with Crippen molar-refractivity contribution in [1.82, 2.24) is 15.5 Å². The first-order valence-corrected chi connectivity index (χ1v) is 6.33. The first-order chi connectivity index (χ1) is 7.66. The molecular formula is C9H15N3O3S. The van der Waals surface area contributed by atoms with Crippen LogP contribution in [0, 0.1) is 0 Å². The lowest BCUT2D eigenvalue weighted by molar-refractivity contribution is -0.122. The number of hydrogen-bond donors (Lipinski definition) is 2. The molecule has 2 aliphatic rings. The van der Waals surface area contributed by atoms with E-state index in [1.54, 1.807) is 18.8 Å². The molecular weight excluding hydrogens is 230 g/mol. The van der Waals surface area contributed by atoms with Gasteiger partial charge in [0.2, 0.25) is 5.91 Å². The standard InChI is InChI=1S/C9H15N3O3S/c1-12-3-6(15-9(12)14)2-10-8(13)7-4-16-5-11-7/h6-7,11H,2-5H2,1H3,(H,10,13). The van der Waals surface area contributed by atoms with E-state index in [0.29, 0.717) is 13.1 Å². The van der Waals surface area contributed by atoms with Crippen molar-refractivity contribution < 1.29 is 14.3 Å². The molecule has 0 aromatic carbocycles. The van der Waals surface area contributed by atoms with Gasteiger partial charge in [0.15, 0.2) is 0 Å². The highest BCUT2D eigenvalue weighted by Crippen LogP contribution is 2.10. The molecule has 0 aromatic rings. The van der Waals surface area contributed by atoms with E-state index in [9.17, 15) is 9.59 Å². The number of cyclic esters (lactones) is 1. The van der Waals surface area contributed by atoms with Crippen molar-refractivity contribution in [2.24, 2.45) is 0 Å². The SMILES string of the molecule is CN1CC(CNC(=O)C2CSCN2)OC1=O. The molecule has 2 rings (SSSR count). The number of hydrogen-bond acceptors (Lipinski definition) is 5. The van der Waals surface area contributed by atoms with Crippen molar-refractivity contribution in [3.05, 3.63) is 0 Å². The summed E-state index contributed by atoms with van der Waals surface area (Å²) >= 11 is 1.70. The first kappa shape index (κ1) is 11.5. The minimum atomic E-state index is -0.325. The second kappa shape index (κ2) is 4.92. The molecule has 0 aromatic heterocycles. The number of nitrogens with one attached hydrogen (secondary N) is 2. The van der Waals surface area contributed by atoms with Crippen molar-refractivity contribution in [3.8, 4) is 0 Å². The molecule has 0 aliphatic carbocycles. The van der Waals surface area contributed by atoms with Gasteiger partial charge in [0.25, 0.3) is 0 Å². The van der Waals surface area contributed by atoms with Gasteiger partial charge in [0, 0.05) is 18.7 Å². The van der Waals surface area contributed by atoms with Gasteiger partial charge in [0.05, 0.1) is 19.1 Å². The minimum absolute atomic E-state index is 0.0180. The zero-order valence-electron chi connectivity index (χ0n) is 9.06. The number of thioether (sulfide) groups is 1. The maximum Gasteiger partial charge on any atom is 0.410 e. The van der Waals surface area contributed by atoms with Crippen LogP contribution in [0.5, 0.6) is 0 Å². The number of rotatable bonds is 3. The minimum Gasteiger partial charge on any atom is -0.442 e. The molecule has 2 amide bonds. The quantitative estimate of drug-likeness (QED) is 0.682.